The third kappa shape index (κ3) is 2.70. The van der Waals surface area contributed by atoms with Crippen molar-refractivity contribution in [1.29, 1.82) is 0 Å². The van der Waals surface area contributed by atoms with Crippen molar-refractivity contribution in [2.45, 2.75) is 73.6 Å². The molecule has 2 N–H and O–H groups in total. The molecule has 2 bridgehead atoms. The van der Waals surface area contributed by atoms with Gasteiger partial charge in [-0.1, -0.05) is 0 Å². The molecule has 1 spiro atoms. The van der Waals surface area contributed by atoms with Gasteiger partial charge in [-0.25, -0.2) is 0 Å². The van der Waals surface area contributed by atoms with E-state index in [1.807, 2.05) is 18.0 Å². The van der Waals surface area contributed by atoms with Crippen molar-refractivity contribution in [2.75, 3.05) is 20.1 Å². The number of hydrogen-bond donors (Lipinski definition) is 2. The minimum absolute atomic E-state index is 0.00789. The lowest BCUT2D eigenvalue weighted by atomic mass is 9.48. The standard InChI is InChI=1S/C29H32N2O6/c1-30(27(34)19-12-18(19)16-7-11-36-14-16)20-6-8-29(35)25-23(33)17-4-5-21(32)24-22(17)28(29,26(20)37-24)9-10-31(25)13-15-2-3-15/h4-5,7,11,14-15,18-20,25-26,32,35H,2-3,6,8-10,12-13H2,1H3/t18?,19?,20-,25?,26+,28+,29-/m1/s1. The number of phenols is 1. The zero-order chi connectivity index (χ0) is 25.3. The number of piperidine rings is 1. The number of aromatic hydroxyl groups is 1. The Morgan fingerprint density at radius 3 is 2.81 bits per heavy atom. The van der Waals surface area contributed by atoms with Crippen molar-refractivity contribution in [1.82, 2.24) is 9.80 Å². The average molecular weight is 505 g/mol. The molecule has 3 saturated carbocycles. The number of benzene rings is 1. The molecule has 1 saturated heterocycles. The molecule has 6 aliphatic rings. The minimum Gasteiger partial charge on any atom is -0.504 e. The van der Waals surface area contributed by atoms with Gasteiger partial charge in [0.2, 0.25) is 5.91 Å². The first kappa shape index (κ1) is 22.2. The summed E-state index contributed by atoms with van der Waals surface area (Å²) in [6, 6.07) is 4.28. The highest BCUT2D eigenvalue weighted by Crippen LogP contribution is 2.66. The quantitative estimate of drug-likeness (QED) is 0.645. The van der Waals surface area contributed by atoms with Gasteiger partial charge in [0.25, 0.3) is 0 Å². The van der Waals surface area contributed by atoms with Crippen molar-refractivity contribution in [3.8, 4) is 11.5 Å². The van der Waals surface area contributed by atoms with Gasteiger partial charge in [0.15, 0.2) is 17.3 Å². The van der Waals surface area contributed by atoms with Gasteiger partial charge in [0.1, 0.15) is 17.7 Å². The number of ketones is 1. The highest BCUT2D eigenvalue weighted by molar-refractivity contribution is 6.06. The number of Topliss-reactive ketones (excluding diaryl/α,β-unsaturated/α-hetero) is 1. The van der Waals surface area contributed by atoms with Crippen LogP contribution in [0.3, 0.4) is 0 Å². The molecule has 2 aromatic rings. The van der Waals surface area contributed by atoms with E-state index in [0.717, 1.165) is 18.5 Å². The predicted octanol–water partition coefficient (Wildman–Crippen LogP) is 2.82. The Kier molecular flexibility index (Phi) is 4.30. The molecular weight excluding hydrogens is 472 g/mol. The maximum Gasteiger partial charge on any atom is 0.226 e. The van der Waals surface area contributed by atoms with Crippen LogP contribution in [0.4, 0.5) is 0 Å². The Labute approximate surface area is 215 Å². The number of hydrogen-bond acceptors (Lipinski definition) is 7. The summed E-state index contributed by atoms with van der Waals surface area (Å²) in [5.41, 5.74) is 0.148. The Balaban J connectivity index is 1.19. The van der Waals surface area contributed by atoms with Crippen molar-refractivity contribution in [2.24, 2.45) is 11.8 Å². The number of carbonyl (C=O) groups excluding carboxylic acids is 2. The van der Waals surface area contributed by atoms with Gasteiger partial charge in [-0.05, 0) is 74.1 Å². The van der Waals surface area contributed by atoms with Crippen LogP contribution in [0, 0.1) is 11.8 Å². The summed E-state index contributed by atoms with van der Waals surface area (Å²) >= 11 is 0. The summed E-state index contributed by atoms with van der Waals surface area (Å²) < 4.78 is 11.8. The fourth-order valence-corrected chi connectivity index (χ4v) is 8.44. The summed E-state index contributed by atoms with van der Waals surface area (Å²) in [7, 11) is 1.85. The number of aliphatic hydroxyl groups is 1. The van der Waals surface area contributed by atoms with Crippen LogP contribution in [0.15, 0.2) is 35.1 Å². The summed E-state index contributed by atoms with van der Waals surface area (Å²) in [6.07, 6.45) is 7.58. The first-order chi connectivity index (χ1) is 17.8. The molecule has 8 rings (SSSR count). The average Bonchev–Trinajstić information content (AvgIpc) is 3.78. The van der Waals surface area contributed by atoms with Gasteiger partial charge >= 0.3 is 0 Å². The molecular formula is C29H32N2O6. The number of likely N-dealkylation sites (tertiary alicyclic amines) is 1. The third-order valence-electron chi connectivity index (χ3n) is 10.5. The summed E-state index contributed by atoms with van der Waals surface area (Å²) in [5.74, 6) is 1.01. The number of likely N-dealkylation sites (N-methyl/N-ethyl adjacent to an activating group) is 1. The highest BCUT2D eigenvalue weighted by atomic mass is 16.5. The predicted molar refractivity (Wildman–Crippen MR) is 132 cm³/mol. The molecule has 8 nitrogen and oxygen atoms in total. The summed E-state index contributed by atoms with van der Waals surface area (Å²) in [4.78, 5) is 31.6. The van der Waals surface area contributed by atoms with Crippen molar-refractivity contribution in [3.63, 3.8) is 0 Å². The number of phenolic OH excluding ortho intramolecular Hbond substituents is 1. The van der Waals surface area contributed by atoms with Crippen LogP contribution in [0.2, 0.25) is 0 Å². The van der Waals surface area contributed by atoms with Crippen LogP contribution in [0.5, 0.6) is 11.5 Å². The maximum absolute atomic E-state index is 13.9. The second kappa shape index (κ2) is 7.17. The Bertz CT molecular complexity index is 1320. The number of furan rings is 1. The van der Waals surface area contributed by atoms with E-state index >= 15 is 0 Å². The van der Waals surface area contributed by atoms with Crippen LogP contribution in [-0.2, 0) is 10.2 Å². The van der Waals surface area contributed by atoms with Gasteiger partial charge in [-0.3, -0.25) is 14.5 Å². The molecule has 3 unspecified atom stereocenters. The minimum atomic E-state index is -1.30. The number of ether oxygens (including phenoxy) is 1. The lowest BCUT2D eigenvalue weighted by molar-refractivity contribution is -0.188. The lowest BCUT2D eigenvalue weighted by Crippen LogP contribution is -2.79. The van der Waals surface area contributed by atoms with E-state index in [-0.39, 0.29) is 35.3 Å². The van der Waals surface area contributed by atoms with Gasteiger partial charge in [-0.2, -0.15) is 0 Å². The van der Waals surface area contributed by atoms with E-state index in [0.29, 0.717) is 48.6 Å². The number of carbonyl (C=O) groups is 2. The van der Waals surface area contributed by atoms with Gasteiger partial charge < -0.3 is 24.3 Å². The molecule has 1 aromatic heterocycles. The number of amides is 1. The first-order valence-electron chi connectivity index (χ1n) is 13.7. The van der Waals surface area contributed by atoms with Crippen molar-refractivity contribution in [3.05, 3.63) is 47.4 Å². The summed E-state index contributed by atoms with van der Waals surface area (Å²) in [6.45, 7) is 1.53. The van der Waals surface area contributed by atoms with Crippen LogP contribution in [-0.4, -0.2) is 75.6 Å². The SMILES string of the molecule is CN(C(=O)C1CC1c1ccoc1)[C@@H]1CC[C@@]2(O)C3C(=O)c4ccc(O)c5c4[C@@]2(CCN3CC2CC2)[C@H]1O5. The second-order valence-corrected chi connectivity index (χ2v) is 12.3. The van der Waals surface area contributed by atoms with Crippen molar-refractivity contribution >= 4 is 11.7 Å². The molecule has 3 heterocycles. The van der Waals surface area contributed by atoms with E-state index in [2.05, 4.69) is 4.90 Å². The molecule has 2 aliphatic heterocycles. The molecule has 1 aromatic carbocycles. The Morgan fingerprint density at radius 1 is 1.22 bits per heavy atom. The van der Waals surface area contributed by atoms with E-state index < -0.39 is 23.2 Å². The van der Waals surface area contributed by atoms with Crippen LogP contribution >= 0.6 is 0 Å². The summed E-state index contributed by atoms with van der Waals surface area (Å²) in [5, 5.41) is 23.4. The van der Waals surface area contributed by atoms with Gasteiger partial charge in [0.05, 0.1) is 24.0 Å². The van der Waals surface area contributed by atoms with E-state index in [4.69, 9.17) is 9.15 Å². The molecule has 0 radical (unpaired) electrons. The number of rotatable bonds is 5. The second-order valence-electron chi connectivity index (χ2n) is 12.3. The molecule has 8 heteroatoms. The smallest absolute Gasteiger partial charge is 0.226 e. The van der Waals surface area contributed by atoms with E-state index in [9.17, 15) is 19.8 Å². The highest BCUT2D eigenvalue weighted by Gasteiger charge is 2.75. The maximum atomic E-state index is 13.9. The molecule has 4 aliphatic carbocycles. The van der Waals surface area contributed by atoms with Crippen molar-refractivity contribution < 1.29 is 29.0 Å². The monoisotopic (exact) mass is 504 g/mol. The fraction of sp³-hybridized carbons (Fsp3) is 0.586. The first-order valence-corrected chi connectivity index (χ1v) is 13.7. The molecule has 37 heavy (non-hydrogen) atoms. The van der Waals surface area contributed by atoms with Crippen LogP contribution in [0.1, 0.15) is 65.9 Å². The normalized spacial score (nSPS) is 39.2. The largest absolute Gasteiger partial charge is 0.504 e. The van der Waals surface area contributed by atoms with E-state index in [1.54, 1.807) is 18.6 Å². The number of nitrogens with zero attached hydrogens (tertiary/aromatic N) is 2. The zero-order valence-electron chi connectivity index (χ0n) is 20.9. The topological polar surface area (TPSA) is 103 Å². The zero-order valence-corrected chi connectivity index (χ0v) is 20.9. The fourth-order valence-electron chi connectivity index (χ4n) is 8.44. The van der Waals surface area contributed by atoms with Gasteiger partial charge in [0, 0.05) is 37.2 Å². The van der Waals surface area contributed by atoms with Crippen LogP contribution < -0.4 is 4.74 Å². The van der Waals surface area contributed by atoms with Gasteiger partial charge in [-0.15, -0.1) is 0 Å². The Hall–Kier alpha value is -2.84. The van der Waals surface area contributed by atoms with E-state index in [1.165, 1.54) is 18.9 Å². The van der Waals surface area contributed by atoms with Crippen LogP contribution in [0.25, 0.3) is 0 Å². The molecule has 7 atom stereocenters. The third-order valence-corrected chi connectivity index (χ3v) is 10.5. The molecule has 194 valence electrons. The lowest BCUT2D eigenvalue weighted by Gasteiger charge is -2.63. The molecule has 1 amide bonds. The Morgan fingerprint density at radius 2 is 2.05 bits per heavy atom. The molecule has 4 fully saturated rings.